The first-order chi connectivity index (χ1) is 11.1. The molecule has 3 aromatic rings. The summed E-state index contributed by atoms with van der Waals surface area (Å²) < 4.78 is 12.6. The van der Waals surface area contributed by atoms with E-state index in [1.165, 1.54) is 4.57 Å². The molecule has 6 heteroatoms. The van der Waals surface area contributed by atoms with Crippen molar-refractivity contribution in [3.05, 3.63) is 73.5 Å². The van der Waals surface area contributed by atoms with Crippen molar-refractivity contribution in [3.8, 4) is 5.75 Å². The van der Waals surface area contributed by atoms with E-state index in [2.05, 4.69) is 15.9 Å². The zero-order valence-corrected chi connectivity index (χ0v) is 14.0. The van der Waals surface area contributed by atoms with Crippen LogP contribution < -0.4 is 16.1 Å². The largest absolute Gasteiger partial charge is 0.491 e. The molecule has 0 saturated carbocycles. The SMILES string of the molecule is Cc1ccccc1OCCn1c(=O)oc(=O)c2cc(Br)ccc21. The van der Waals surface area contributed by atoms with Crippen LogP contribution in [0.15, 0.2) is 60.9 Å². The molecule has 0 unspecified atom stereocenters. The summed E-state index contributed by atoms with van der Waals surface area (Å²) in [6.07, 6.45) is 0. The molecular formula is C17H14BrNO4. The van der Waals surface area contributed by atoms with Gasteiger partial charge in [0.25, 0.3) is 0 Å². The molecule has 5 nitrogen and oxygen atoms in total. The summed E-state index contributed by atoms with van der Waals surface area (Å²) in [6, 6.07) is 12.8. The highest BCUT2D eigenvalue weighted by atomic mass is 79.9. The van der Waals surface area contributed by atoms with Crippen molar-refractivity contribution in [1.82, 2.24) is 4.57 Å². The van der Waals surface area contributed by atoms with Crippen molar-refractivity contribution in [1.29, 1.82) is 0 Å². The summed E-state index contributed by atoms with van der Waals surface area (Å²) in [5, 5.41) is 0.356. The zero-order valence-electron chi connectivity index (χ0n) is 12.4. The maximum absolute atomic E-state index is 12.0. The van der Waals surface area contributed by atoms with E-state index < -0.39 is 11.4 Å². The number of para-hydroxylation sites is 1. The van der Waals surface area contributed by atoms with Crippen molar-refractivity contribution >= 4 is 26.8 Å². The Morgan fingerprint density at radius 1 is 1.17 bits per heavy atom. The molecule has 118 valence electrons. The molecule has 3 rings (SSSR count). The lowest BCUT2D eigenvalue weighted by atomic mass is 10.2. The molecule has 0 aliphatic rings. The topological polar surface area (TPSA) is 61.4 Å². The van der Waals surface area contributed by atoms with Crippen LogP contribution in [0.4, 0.5) is 0 Å². The van der Waals surface area contributed by atoms with Crippen molar-refractivity contribution in [3.63, 3.8) is 0 Å². The second-order valence-electron chi connectivity index (χ2n) is 5.08. The predicted molar refractivity (Wildman–Crippen MR) is 91.1 cm³/mol. The van der Waals surface area contributed by atoms with Crippen LogP contribution in [-0.4, -0.2) is 11.2 Å². The highest BCUT2D eigenvalue weighted by Crippen LogP contribution is 2.17. The van der Waals surface area contributed by atoms with Crippen LogP contribution in [0.3, 0.4) is 0 Å². The fourth-order valence-electron chi connectivity index (χ4n) is 2.37. The van der Waals surface area contributed by atoms with Crippen LogP contribution in [0.25, 0.3) is 10.9 Å². The van der Waals surface area contributed by atoms with Gasteiger partial charge in [-0.25, -0.2) is 9.59 Å². The maximum Gasteiger partial charge on any atom is 0.422 e. The molecule has 0 radical (unpaired) electrons. The van der Waals surface area contributed by atoms with Gasteiger partial charge < -0.3 is 9.15 Å². The van der Waals surface area contributed by atoms with Gasteiger partial charge in [-0.05, 0) is 36.8 Å². The van der Waals surface area contributed by atoms with E-state index in [-0.39, 0.29) is 6.54 Å². The Morgan fingerprint density at radius 2 is 1.96 bits per heavy atom. The monoisotopic (exact) mass is 375 g/mol. The molecule has 23 heavy (non-hydrogen) atoms. The van der Waals surface area contributed by atoms with E-state index in [1.807, 2.05) is 31.2 Å². The van der Waals surface area contributed by atoms with Gasteiger partial charge in [-0.1, -0.05) is 34.1 Å². The number of hydrogen-bond donors (Lipinski definition) is 0. The van der Waals surface area contributed by atoms with E-state index in [1.54, 1.807) is 18.2 Å². The van der Waals surface area contributed by atoms with Crippen molar-refractivity contribution in [2.45, 2.75) is 13.5 Å². The minimum absolute atomic E-state index is 0.287. The molecule has 0 aliphatic carbocycles. The minimum atomic E-state index is -0.682. The molecule has 2 aromatic carbocycles. The van der Waals surface area contributed by atoms with E-state index in [0.717, 1.165) is 15.8 Å². The standard InChI is InChI=1S/C17H14BrNO4/c1-11-4-2-3-5-15(11)22-9-8-19-14-7-6-12(18)10-13(14)16(20)23-17(19)21/h2-7,10H,8-9H2,1H3. The lowest BCUT2D eigenvalue weighted by Gasteiger charge is -2.11. The van der Waals surface area contributed by atoms with E-state index in [9.17, 15) is 9.59 Å². The van der Waals surface area contributed by atoms with Crippen LogP contribution in [-0.2, 0) is 6.54 Å². The normalized spacial score (nSPS) is 10.9. The van der Waals surface area contributed by atoms with Crippen LogP contribution >= 0.6 is 15.9 Å². The Balaban J connectivity index is 1.90. The Labute approximate surface area is 140 Å². The summed E-state index contributed by atoms with van der Waals surface area (Å²) in [7, 11) is 0. The number of aryl methyl sites for hydroxylation is 1. The van der Waals surface area contributed by atoms with Crippen LogP contribution in [0, 0.1) is 6.92 Å². The molecular weight excluding hydrogens is 362 g/mol. The number of ether oxygens (including phenoxy) is 1. The second kappa shape index (κ2) is 6.42. The fraction of sp³-hybridized carbons (Fsp3) is 0.176. The molecule has 0 fully saturated rings. The molecule has 0 saturated heterocycles. The quantitative estimate of drug-likeness (QED) is 0.702. The Bertz CT molecular complexity index is 974. The van der Waals surface area contributed by atoms with Crippen molar-refractivity contribution in [2.75, 3.05) is 6.61 Å². The van der Waals surface area contributed by atoms with Crippen LogP contribution in [0.2, 0.25) is 0 Å². The Kier molecular flexibility index (Phi) is 4.34. The summed E-state index contributed by atoms with van der Waals surface area (Å²) in [4.78, 5) is 23.8. The summed E-state index contributed by atoms with van der Waals surface area (Å²) >= 11 is 3.31. The molecule has 0 bridgehead atoms. The van der Waals surface area contributed by atoms with E-state index in [0.29, 0.717) is 17.5 Å². The number of aromatic nitrogens is 1. The highest BCUT2D eigenvalue weighted by molar-refractivity contribution is 9.10. The average Bonchev–Trinajstić information content (AvgIpc) is 2.52. The lowest BCUT2D eigenvalue weighted by Crippen LogP contribution is -2.27. The van der Waals surface area contributed by atoms with E-state index >= 15 is 0 Å². The molecule has 0 aliphatic heterocycles. The minimum Gasteiger partial charge on any atom is -0.491 e. The molecule has 0 spiro atoms. The Hall–Kier alpha value is -2.34. The number of rotatable bonds is 4. The maximum atomic E-state index is 12.0. The summed E-state index contributed by atoms with van der Waals surface area (Å²) in [6.45, 7) is 2.54. The molecule has 1 aromatic heterocycles. The van der Waals surface area contributed by atoms with Crippen molar-refractivity contribution < 1.29 is 9.15 Å². The first-order valence-electron chi connectivity index (χ1n) is 7.08. The van der Waals surface area contributed by atoms with Gasteiger partial charge in [0, 0.05) is 4.47 Å². The molecule has 0 amide bonds. The predicted octanol–water partition coefficient (Wildman–Crippen LogP) is 3.10. The van der Waals surface area contributed by atoms with Crippen LogP contribution in [0.5, 0.6) is 5.75 Å². The van der Waals surface area contributed by atoms with Crippen molar-refractivity contribution in [2.24, 2.45) is 0 Å². The lowest BCUT2D eigenvalue weighted by molar-refractivity contribution is 0.286. The van der Waals surface area contributed by atoms with Gasteiger partial charge in [-0.3, -0.25) is 4.57 Å². The van der Waals surface area contributed by atoms with Gasteiger partial charge in [0.2, 0.25) is 0 Å². The first kappa shape index (κ1) is 15.6. The number of halogens is 1. The first-order valence-corrected chi connectivity index (χ1v) is 7.87. The average molecular weight is 376 g/mol. The van der Waals surface area contributed by atoms with Gasteiger partial charge in [-0.2, -0.15) is 0 Å². The fourth-order valence-corrected chi connectivity index (χ4v) is 2.73. The van der Waals surface area contributed by atoms with Gasteiger partial charge in [0.15, 0.2) is 0 Å². The third-order valence-electron chi connectivity index (χ3n) is 3.54. The van der Waals surface area contributed by atoms with E-state index in [4.69, 9.17) is 9.15 Å². The molecule has 1 heterocycles. The third-order valence-corrected chi connectivity index (χ3v) is 4.03. The summed E-state index contributed by atoms with van der Waals surface area (Å²) in [5.41, 5.74) is 0.915. The highest BCUT2D eigenvalue weighted by Gasteiger charge is 2.10. The smallest absolute Gasteiger partial charge is 0.422 e. The van der Waals surface area contributed by atoms with Gasteiger partial charge in [-0.15, -0.1) is 0 Å². The summed E-state index contributed by atoms with van der Waals surface area (Å²) in [5.74, 6) is 0.0863. The Morgan fingerprint density at radius 3 is 2.74 bits per heavy atom. The number of benzene rings is 2. The number of hydrogen-bond acceptors (Lipinski definition) is 4. The van der Waals surface area contributed by atoms with Gasteiger partial charge in [0.1, 0.15) is 12.4 Å². The third kappa shape index (κ3) is 3.22. The second-order valence-corrected chi connectivity index (χ2v) is 6.00. The number of nitrogens with zero attached hydrogens (tertiary/aromatic N) is 1. The molecule has 0 N–H and O–H groups in total. The zero-order chi connectivity index (χ0) is 16.4. The van der Waals surface area contributed by atoms with Gasteiger partial charge in [0.05, 0.1) is 17.4 Å². The number of fused-ring (bicyclic) bond motifs is 1. The van der Waals surface area contributed by atoms with Crippen LogP contribution in [0.1, 0.15) is 5.56 Å². The molecule has 0 atom stereocenters. The van der Waals surface area contributed by atoms with Gasteiger partial charge >= 0.3 is 11.4 Å².